The van der Waals surface area contributed by atoms with Gasteiger partial charge in [-0.1, -0.05) is 47.5 Å². The Morgan fingerprint density at radius 3 is 2.08 bits per heavy atom. The minimum absolute atomic E-state index is 0.0700. The molecule has 2 heterocycles. The van der Waals surface area contributed by atoms with Gasteiger partial charge in [-0.15, -0.1) is 0 Å². The highest BCUT2D eigenvalue weighted by molar-refractivity contribution is 9.10. The van der Waals surface area contributed by atoms with Crippen LogP contribution in [-0.2, 0) is 10.2 Å². The number of ether oxygens (including phenoxy) is 2. The van der Waals surface area contributed by atoms with Crippen LogP contribution in [0.25, 0.3) is 11.1 Å². The standard InChI is InChI=1S/C24H23BrN6O4S/c1-16-3-7-18(8-4-16)21-22(31-36(32,33)30-20-9-5-17(2)6-10-20)28-15-29-23(21)34-11-12-35-24-26-13-19(25)14-27-24/h3-10,13-15,30H,11-12H2,1-2H3,(H,28,29,31). The lowest BCUT2D eigenvalue weighted by atomic mass is 10.1. The molecule has 36 heavy (non-hydrogen) atoms. The van der Waals surface area contributed by atoms with E-state index in [-0.39, 0.29) is 30.9 Å². The second kappa shape index (κ2) is 11.3. The van der Waals surface area contributed by atoms with Crippen molar-refractivity contribution in [2.24, 2.45) is 0 Å². The molecule has 0 saturated carbocycles. The second-order valence-corrected chi connectivity index (χ2v) is 10.1. The fraction of sp³-hybridized carbons (Fsp3) is 0.167. The monoisotopic (exact) mass is 570 g/mol. The zero-order valence-electron chi connectivity index (χ0n) is 19.5. The molecular formula is C24H23BrN6O4S. The summed E-state index contributed by atoms with van der Waals surface area (Å²) in [6.07, 6.45) is 4.38. The Labute approximate surface area is 217 Å². The van der Waals surface area contributed by atoms with Crippen LogP contribution in [0.1, 0.15) is 11.1 Å². The summed E-state index contributed by atoms with van der Waals surface area (Å²) in [6.45, 7) is 4.14. The number of hydrogen-bond acceptors (Lipinski definition) is 8. The van der Waals surface area contributed by atoms with Gasteiger partial charge in [-0.2, -0.15) is 8.42 Å². The average Bonchev–Trinajstić information content (AvgIpc) is 2.85. The van der Waals surface area contributed by atoms with Gasteiger partial charge in [-0.3, -0.25) is 4.72 Å². The lowest BCUT2D eigenvalue weighted by Crippen LogP contribution is -2.23. The first kappa shape index (κ1) is 25.3. The number of aromatic nitrogens is 4. The minimum atomic E-state index is -4.01. The van der Waals surface area contributed by atoms with Crippen LogP contribution in [0.5, 0.6) is 11.9 Å². The number of nitrogens with one attached hydrogen (secondary N) is 2. The fourth-order valence-corrected chi connectivity index (χ4v) is 4.22. The molecule has 2 N–H and O–H groups in total. The van der Waals surface area contributed by atoms with Crippen LogP contribution in [0.2, 0.25) is 0 Å². The van der Waals surface area contributed by atoms with E-state index in [1.54, 1.807) is 24.5 Å². The van der Waals surface area contributed by atoms with Crippen LogP contribution in [0.15, 0.2) is 71.7 Å². The smallest absolute Gasteiger partial charge is 0.322 e. The Morgan fingerprint density at radius 1 is 0.806 bits per heavy atom. The van der Waals surface area contributed by atoms with E-state index in [4.69, 9.17) is 9.47 Å². The normalized spacial score (nSPS) is 11.1. The van der Waals surface area contributed by atoms with Gasteiger partial charge in [-0.05, 0) is 47.5 Å². The van der Waals surface area contributed by atoms with Gasteiger partial charge in [-0.25, -0.2) is 24.7 Å². The number of nitrogens with zero attached hydrogens (tertiary/aromatic N) is 4. The first-order valence-electron chi connectivity index (χ1n) is 10.8. The first-order chi connectivity index (χ1) is 17.3. The Kier molecular flexibility index (Phi) is 7.96. The Bertz CT molecular complexity index is 1420. The number of hydrogen-bond donors (Lipinski definition) is 2. The topological polar surface area (TPSA) is 128 Å². The van der Waals surface area contributed by atoms with Crippen LogP contribution in [0.4, 0.5) is 11.5 Å². The maximum Gasteiger partial charge on any atom is 0.322 e. The SMILES string of the molecule is Cc1ccc(NS(=O)(=O)Nc2ncnc(OCCOc3ncc(Br)cn3)c2-c2ccc(C)cc2)cc1. The Balaban J connectivity index is 1.55. The molecule has 0 unspecified atom stereocenters. The second-order valence-electron chi connectivity index (χ2n) is 7.72. The van der Waals surface area contributed by atoms with Crippen molar-refractivity contribution in [1.82, 2.24) is 19.9 Å². The van der Waals surface area contributed by atoms with Crippen LogP contribution in [-0.4, -0.2) is 41.6 Å². The van der Waals surface area contributed by atoms with Gasteiger partial charge < -0.3 is 9.47 Å². The molecule has 0 fully saturated rings. The molecule has 0 aliphatic heterocycles. The number of rotatable bonds is 10. The van der Waals surface area contributed by atoms with E-state index in [1.165, 1.54) is 6.33 Å². The molecule has 0 radical (unpaired) electrons. The highest BCUT2D eigenvalue weighted by Crippen LogP contribution is 2.34. The molecule has 0 atom stereocenters. The van der Waals surface area contributed by atoms with E-state index < -0.39 is 10.2 Å². The minimum Gasteiger partial charge on any atom is -0.473 e. The molecule has 2 aromatic carbocycles. The summed E-state index contributed by atoms with van der Waals surface area (Å²) in [6, 6.07) is 14.7. The fourth-order valence-electron chi connectivity index (χ4n) is 3.11. The van der Waals surface area contributed by atoms with E-state index in [1.807, 2.05) is 50.2 Å². The lowest BCUT2D eigenvalue weighted by Gasteiger charge is -2.16. The molecule has 0 saturated heterocycles. The van der Waals surface area contributed by atoms with E-state index in [0.29, 0.717) is 16.8 Å². The highest BCUT2D eigenvalue weighted by Gasteiger charge is 2.20. The zero-order chi connectivity index (χ0) is 25.5. The summed E-state index contributed by atoms with van der Waals surface area (Å²) in [5.74, 6) is 0.267. The molecular weight excluding hydrogens is 548 g/mol. The van der Waals surface area contributed by atoms with E-state index in [0.717, 1.165) is 15.6 Å². The first-order valence-corrected chi connectivity index (χ1v) is 13.1. The van der Waals surface area contributed by atoms with Gasteiger partial charge in [0.2, 0.25) is 5.88 Å². The van der Waals surface area contributed by atoms with E-state index >= 15 is 0 Å². The summed E-state index contributed by atoms with van der Waals surface area (Å²) in [5, 5.41) is 0. The number of aryl methyl sites for hydroxylation is 2. The van der Waals surface area contributed by atoms with Gasteiger partial charge in [0.15, 0.2) is 5.82 Å². The maximum atomic E-state index is 12.9. The van der Waals surface area contributed by atoms with Crippen molar-refractivity contribution in [3.05, 3.63) is 82.9 Å². The molecule has 0 aliphatic rings. The molecule has 186 valence electrons. The zero-order valence-corrected chi connectivity index (χ0v) is 21.9. The number of anilines is 2. The van der Waals surface area contributed by atoms with Crippen LogP contribution in [0.3, 0.4) is 0 Å². The Morgan fingerprint density at radius 2 is 1.42 bits per heavy atom. The third-order valence-electron chi connectivity index (χ3n) is 4.84. The van der Waals surface area contributed by atoms with E-state index in [2.05, 4.69) is 45.3 Å². The summed E-state index contributed by atoms with van der Waals surface area (Å²) in [4.78, 5) is 16.5. The predicted molar refractivity (Wildman–Crippen MR) is 140 cm³/mol. The van der Waals surface area contributed by atoms with E-state index in [9.17, 15) is 8.42 Å². The quantitative estimate of drug-likeness (QED) is 0.266. The average molecular weight is 571 g/mol. The molecule has 0 bridgehead atoms. The van der Waals surface area contributed by atoms with Crippen molar-refractivity contribution < 1.29 is 17.9 Å². The highest BCUT2D eigenvalue weighted by atomic mass is 79.9. The van der Waals surface area contributed by atoms with Crippen LogP contribution in [0, 0.1) is 13.8 Å². The van der Waals surface area contributed by atoms with Gasteiger partial charge in [0, 0.05) is 12.4 Å². The molecule has 12 heteroatoms. The number of benzene rings is 2. The molecule has 0 aliphatic carbocycles. The van der Waals surface area contributed by atoms with Crippen molar-refractivity contribution in [3.63, 3.8) is 0 Å². The van der Waals surface area contributed by atoms with Gasteiger partial charge >= 0.3 is 16.2 Å². The van der Waals surface area contributed by atoms with Crippen molar-refractivity contribution in [3.8, 4) is 23.0 Å². The maximum absolute atomic E-state index is 12.9. The van der Waals surface area contributed by atoms with Gasteiger partial charge in [0.25, 0.3) is 0 Å². The van der Waals surface area contributed by atoms with Crippen LogP contribution >= 0.6 is 15.9 Å². The van der Waals surface area contributed by atoms with Crippen molar-refractivity contribution >= 4 is 37.6 Å². The largest absolute Gasteiger partial charge is 0.473 e. The van der Waals surface area contributed by atoms with Crippen molar-refractivity contribution in [1.29, 1.82) is 0 Å². The summed E-state index contributed by atoms with van der Waals surface area (Å²) >= 11 is 3.27. The molecule has 0 amide bonds. The summed E-state index contributed by atoms with van der Waals surface area (Å²) in [7, 11) is -4.01. The molecule has 2 aromatic heterocycles. The third kappa shape index (κ3) is 6.89. The molecule has 0 spiro atoms. The molecule has 4 aromatic rings. The van der Waals surface area contributed by atoms with Gasteiger partial charge in [0.05, 0.1) is 15.7 Å². The predicted octanol–water partition coefficient (Wildman–Crippen LogP) is 4.54. The summed E-state index contributed by atoms with van der Waals surface area (Å²) in [5.41, 5.74) is 3.56. The van der Waals surface area contributed by atoms with Crippen molar-refractivity contribution in [2.45, 2.75) is 13.8 Å². The summed E-state index contributed by atoms with van der Waals surface area (Å²) < 4.78 is 42.9. The third-order valence-corrected chi connectivity index (χ3v) is 6.21. The van der Waals surface area contributed by atoms with Crippen LogP contribution < -0.4 is 18.9 Å². The lowest BCUT2D eigenvalue weighted by molar-refractivity contribution is 0.202. The van der Waals surface area contributed by atoms with Gasteiger partial charge in [0.1, 0.15) is 19.5 Å². The Hall–Kier alpha value is -3.77. The number of halogens is 1. The molecule has 10 nitrogen and oxygen atoms in total. The van der Waals surface area contributed by atoms with Crippen molar-refractivity contribution in [2.75, 3.05) is 22.7 Å². The molecule has 4 rings (SSSR count).